The highest BCUT2D eigenvalue weighted by Gasteiger charge is 2.39. The third kappa shape index (κ3) is 7.15. The molecule has 160 valence electrons. The van der Waals surface area contributed by atoms with Crippen molar-refractivity contribution < 1.29 is 19.1 Å². The maximum absolute atomic E-state index is 13.0. The fourth-order valence-electron chi connectivity index (χ4n) is 3.43. The summed E-state index contributed by atoms with van der Waals surface area (Å²) in [6.45, 7) is 12.1. The van der Waals surface area contributed by atoms with Gasteiger partial charge in [0.2, 0.25) is 0 Å². The van der Waals surface area contributed by atoms with Gasteiger partial charge in [-0.2, -0.15) is 5.11 Å². The molecular weight excluding hydrogens is 370 g/mol. The van der Waals surface area contributed by atoms with Gasteiger partial charge in [0.05, 0.1) is 11.6 Å². The number of benzene rings is 1. The zero-order valence-electron chi connectivity index (χ0n) is 18.3. The van der Waals surface area contributed by atoms with Crippen LogP contribution in [-0.4, -0.2) is 41.3 Å². The summed E-state index contributed by atoms with van der Waals surface area (Å²) in [5.74, 6) is -0.668. The zero-order valence-corrected chi connectivity index (χ0v) is 18.3. The second-order valence-electron chi connectivity index (χ2n) is 9.60. The lowest BCUT2D eigenvalue weighted by molar-refractivity contribution is -0.161. The molecule has 0 saturated carbocycles. The Morgan fingerprint density at radius 2 is 1.83 bits per heavy atom. The van der Waals surface area contributed by atoms with Gasteiger partial charge in [-0.25, -0.2) is 10.3 Å². The van der Waals surface area contributed by atoms with E-state index in [0.717, 1.165) is 5.56 Å². The number of likely N-dealkylation sites (tertiary alicyclic amines) is 1. The van der Waals surface area contributed by atoms with Gasteiger partial charge in [-0.1, -0.05) is 12.1 Å². The summed E-state index contributed by atoms with van der Waals surface area (Å²) in [5.41, 5.74) is 7.54. The van der Waals surface area contributed by atoms with Crippen molar-refractivity contribution >= 4 is 17.7 Å². The Morgan fingerprint density at radius 1 is 1.17 bits per heavy atom. The predicted molar refractivity (Wildman–Crippen MR) is 110 cm³/mol. The highest BCUT2D eigenvalue weighted by atomic mass is 16.6. The maximum atomic E-state index is 13.0. The number of amides is 1. The maximum Gasteiger partial charge on any atom is 0.410 e. The zero-order chi connectivity index (χ0) is 21.8. The molecule has 0 aromatic heterocycles. The van der Waals surface area contributed by atoms with E-state index in [1.807, 2.05) is 59.7 Å². The van der Waals surface area contributed by atoms with Gasteiger partial charge in [0, 0.05) is 13.1 Å². The van der Waals surface area contributed by atoms with Crippen LogP contribution in [0, 0.1) is 17.4 Å². The molecule has 7 heteroatoms. The van der Waals surface area contributed by atoms with E-state index in [-0.39, 0.29) is 23.9 Å². The summed E-state index contributed by atoms with van der Waals surface area (Å²) in [4.78, 5) is 27.1. The van der Waals surface area contributed by atoms with Crippen LogP contribution in [-0.2, 0) is 20.7 Å². The molecule has 2 atom stereocenters. The smallest absolute Gasteiger partial charge is 0.410 e. The van der Waals surface area contributed by atoms with Crippen molar-refractivity contribution in [2.45, 2.75) is 65.6 Å². The number of hydrogen-bond acceptors (Lipinski definition) is 6. The standard InChI is InChI=1S/C22H33N3O4/c1-21(2,3)28-19(26)18(13-15-8-7-9-17(12-15)24-23)16-10-11-25(14-16)20(27)29-22(4,5)6/h7-9,12,16,18,23H,10-11,13-14H2,1-6H3/t16-,18-/m0/s1. The molecule has 1 amide bonds. The lowest BCUT2D eigenvalue weighted by Crippen LogP contribution is -2.38. The van der Waals surface area contributed by atoms with Crippen LogP contribution in [0.15, 0.2) is 29.4 Å². The average Bonchev–Trinajstić information content (AvgIpc) is 3.06. The average molecular weight is 404 g/mol. The Labute approximate surface area is 173 Å². The van der Waals surface area contributed by atoms with Crippen molar-refractivity contribution in [1.82, 2.24) is 4.90 Å². The lowest BCUT2D eigenvalue weighted by atomic mass is 9.86. The molecule has 7 nitrogen and oxygen atoms in total. The van der Waals surface area contributed by atoms with Crippen LogP contribution in [0.5, 0.6) is 0 Å². The molecule has 0 bridgehead atoms. The molecule has 1 aliphatic heterocycles. The van der Waals surface area contributed by atoms with E-state index in [1.54, 1.807) is 11.0 Å². The van der Waals surface area contributed by atoms with Crippen LogP contribution in [0.2, 0.25) is 0 Å². The van der Waals surface area contributed by atoms with Crippen LogP contribution in [0.4, 0.5) is 10.5 Å². The number of carbonyl (C=O) groups is 2. The molecule has 1 fully saturated rings. The largest absolute Gasteiger partial charge is 0.460 e. The molecular formula is C22H33N3O4. The van der Waals surface area contributed by atoms with Gasteiger partial charge in [0.25, 0.3) is 0 Å². The fourth-order valence-corrected chi connectivity index (χ4v) is 3.43. The van der Waals surface area contributed by atoms with E-state index in [4.69, 9.17) is 15.0 Å². The number of hydrogen-bond donors (Lipinski definition) is 1. The topological polar surface area (TPSA) is 92.0 Å². The molecule has 1 N–H and O–H groups in total. The van der Waals surface area contributed by atoms with E-state index in [2.05, 4.69) is 5.11 Å². The first-order valence-electron chi connectivity index (χ1n) is 10.0. The van der Waals surface area contributed by atoms with Crippen molar-refractivity contribution in [3.8, 4) is 0 Å². The fraction of sp³-hybridized carbons (Fsp3) is 0.636. The van der Waals surface area contributed by atoms with Gasteiger partial charge in [-0.15, -0.1) is 0 Å². The first kappa shape index (κ1) is 22.8. The highest BCUT2D eigenvalue weighted by Crippen LogP contribution is 2.31. The van der Waals surface area contributed by atoms with Crippen molar-refractivity contribution in [2.24, 2.45) is 17.0 Å². The van der Waals surface area contributed by atoms with Gasteiger partial charge >= 0.3 is 12.1 Å². The van der Waals surface area contributed by atoms with Gasteiger partial charge in [-0.3, -0.25) is 4.79 Å². The molecule has 0 unspecified atom stereocenters. The van der Waals surface area contributed by atoms with E-state index >= 15 is 0 Å². The molecule has 1 aromatic rings. The van der Waals surface area contributed by atoms with Crippen molar-refractivity contribution in [2.75, 3.05) is 13.1 Å². The molecule has 2 rings (SSSR count). The number of carbonyl (C=O) groups excluding carboxylic acids is 2. The molecule has 1 aromatic carbocycles. The minimum atomic E-state index is -0.586. The first-order chi connectivity index (χ1) is 13.4. The summed E-state index contributed by atoms with van der Waals surface area (Å²) in [7, 11) is 0. The molecule has 0 spiro atoms. The third-order valence-electron chi connectivity index (χ3n) is 4.65. The van der Waals surface area contributed by atoms with Crippen LogP contribution >= 0.6 is 0 Å². The van der Waals surface area contributed by atoms with Crippen molar-refractivity contribution in [3.63, 3.8) is 0 Å². The molecule has 0 radical (unpaired) electrons. The summed E-state index contributed by atoms with van der Waals surface area (Å²) in [5, 5.41) is 3.47. The Kier molecular flexibility index (Phi) is 7.03. The summed E-state index contributed by atoms with van der Waals surface area (Å²) < 4.78 is 11.2. The number of rotatable bonds is 5. The molecule has 1 saturated heterocycles. The molecule has 1 aliphatic rings. The van der Waals surface area contributed by atoms with Gasteiger partial charge < -0.3 is 14.4 Å². The van der Waals surface area contributed by atoms with Crippen LogP contribution in [0.3, 0.4) is 0 Å². The van der Waals surface area contributed by atoms with E-state index in [9.17, 15) is 9.59 Å². The minimum Gasteiger partial charge on any atom is -0.460 e. The van der Waals surface area contributed by atoms with Gasteiger partial charge in [-0.05, 0) is 78.0 Å². The second-order valence-corrected chi connectivity index (χ2v) is 9.60. The molecule has 29 heavy (non-hydrogen) atoms. The van der Waals surface area contributed by atoms with E-state index < -0.39 is 11.2 Å². The SMILES string of the molecule is CC(C)(C)OC(=O)[C@@H](Cc1cccc(N=N)c1)[C@H]1CCN(C(=O)OC(C)(C)C)C1. The third-order valence-corrected chi connectivity index (χ3v) is 4.65. The first-order valence-corrected chi connectivity index (χ1v) is 10.0. The minimum absolute atomic E-state index is 0.0195. The summed E-state index contributed by atoms with van der Waals surface area (Å²) in [6.07, 6.45) is 0.842. The Morgan fingerprint density at radius 3 is 2.41 bits per heavy atom. The van der Waals surface area contributed by atoms with Gasteiger partial charge in [0.1, 0.15) is 11.2 Å². The van der Waals surface area contributed by atoms with Gasteiger partial charge in [0.15, 0.2) is 0 Å². The van der Waals surface area contributed by atoms with Crippen molar-refractivity contribution in [3.05, 3.63) is 29.8 Å². The number of nitrogens with zero attached hydrogens (tertiary/aromatic N) is 2. The predicted octanol–water partition coefficient (Wildman–Crippen LogP) is 5.11. The van der Waals surface area contributed by atoms with Crippen LogP contribution in [0.1, 0.15) is 53.5 Å². The highest BCUT2D eigenvalue weighted by molar-refractivity contribution is 5.74. The van der Waals surface area contributed by atoms with E-state index in [1.165, 1.54) is 0 Å². The summed E-state index contributed by atoms with van der Waals surface area (Å²) >= 11 is 0. The number of nitrogens with one attached hydrogen (secondary N) is 1. The number of esters is 1. The second kappa shape index (κ2) is 8.93. The lowest BCUT2D eigenvalue weighted by Gasteiger charge is -2.28. The Hall–Kier alpha value is -2.44. The van der Waals surface area contributed by atoms with Crippen LogP contribution < -0.4 is 0 Å². The monoisotopic (exact) mass is 403 g/mol. The molecule has 1 heterocycles. The number of ether oxygens (including phenoxy) is 2. The Bertz CT molecular complexity index is 749. The van der Waals surface area contributed by atoms with Crippen LogP contribution in [0.25, 0.3) is 0 Å². The Balaban J connectivity index is 2.18. The quantitative estimate of drug-likeness (QED) is 0.546. The van der Waals surface area contributed by atoms with E-state index in [0.29, 0.717) is 31.6 Å². The molecule has 0 aliphatic carbocycles. The summed E-state index contributed by atoms with van der Waals surface area (Å²) in [6, 6.07) is 7.31. The normalized spacial score (nSPS) is 18.3. The van der Waals surface area contributed by atoms with Crippen molar-refractivity contribution in [1.29, 1.82) is 5.53 Å².